The molecule has 22 heavy (non-hydrogen) atoms. The Labute approximate surface area is 142 Å². The number of hydrazone groups is 1. The number of anilines is 1. The SMILES string of the molecule is Clc1cccc(C=NNc2nc(-c3ccccc3)cs2)c1Cl. The molecule has 3 rings (SSSR count). The van der Waals surface area contributed by atoms with Crippen molar-refractivity contribution in [2.75, 3.05) is 5.43 Å². The predicted octanol–water partition coefficient (Wildman–Crippen LogP) is 5.56. The fourth-order valence-corrected chi connectivity index (χ4v) is 2.87. The van der Waals surface area contributed by atoms with E-state index in [1.165, 1.54) is 11.3 Å². The van der Waals surface area contributed by atoms with Crippen molar-refractivity contribution in [1.82, 2.24) is 4.98 Å². The molecule has 110 valence electrons. The van der Waals surface area contributed by atoms with Crippen LogP contribution in [0.5, 0.6) is 0 Å². The van der Waals surface area contributed by atoms with Crippen LogP contribution in [0.1, 0.15) is 5.56 Å². The van der Waals surface area contributed by atoms with E-state index in [-0.39, 0.29) is 0 Å². The third-order valence-electron chi connectivity index (χ3n) is 2.92. The summed E-state index contributed by atoms with van der Waals surface area (Å²) in [7, 11) is 0. The van der Waals surface area contributed by atoms with Crippen LogP contribution in [0.4, 0.5) is 5.13 Å². The summed E-state index contributed by atoms with van der Waals surface area (Å²) in [5.41, 5.74) is 5.65. The van der Waals surface area contributed by atoms with Gasteiger partial charge >= 0.3 is 0 Å². The molecule has 0 aliphatic heterocycles. The van der Waals surface area contributed by atoms with E-state index >= 15 is 0 Å². The van der Waals surface area contributed by atoms with Gasteiger partial charge in [-0.15, -0.1) is 11.3 Å². The van der Waals surface area contributed by atoms with E-state index < -0.39 is 0 Å². The van der Waals surface area contributed by atoms with Crippen LogP contribution in [0, 0.1) is 0 Å². The Kier molecular flexibility index (Phi) is 4.73. The van der Waals surface area contributed by atoms with Crippen molar-refractivity contribution in [1.29, 1.82) is 0 Å². The van der Waals surface area contributed by atoms with Gasteiger partial charge in [0.15, 0.2) is 0 Å². The number of hydrogen-bond acceptors (Lipinski definition) is 4. The first-order chi connectivity index (χ1) is 10.7. The number of hydrogen-bond donors (Lipinski definition) is 1. The Balaban J connectivity index is 1.71. The Morgan fingerprint density at radius 3 is 2.68 bits per heavy atom. The Morgan fingerprint density at radius 2 is 1.86 bits per heavy atom. The summed E-state index contributed by atoms with van der Waals surface area (Å²) in [5, 5.41) is 7.84. The standard InChI is InChI=1S/C16H11Cl2N3S/c17-13-8-4-7-12(15(13)18)9-19-21-16-20-14(10-22-16)11-5-2-1-3-6-11/h1-10H,(H,20,21). The highest BCUT2D eigenvalue weighted by molar-refractivity contribution is 7.14. The van der Waals surface area contributed by atoms with Gasteiger partial charge in [-0.2, -0.15) is 5.10 Å². The molecular formula is C16H11Cl2N3S. The van der Waals surface area contributed by atoms with Gasteiger partial charge in [0, 0.05) is 16.5 Å². The monoisotopic (exact) mass is 347 g/mol. The van der Waals surface area contributed by atoms with Gasteiger partial charge in [-0.3, -0.25) is 5.43 Å². The maximum absolute atomic E-state index is 6.10. The second kappa shape index (κ2) is 6.92. The molecule has 3 nitrogen and oxygen atoms in total. The quantitative estimate of drug-likeness (QED) is 0.495. The minimum Gasteiger partial charge on any atom is -0.253 e. The van der Waals surface area contributed by atoms with Crippen LogP contribution < -0.4 is 5.43 Å². The van der Waals surface area contributed by atoms with Crippen LogP contribution in [-0.4, -0.2) is 11.2 Å². The van der Waals surface area contributed by atoms with Gasteiger partial charge in [-0.25, -0.2) is 4.98 Å². The van der Waals surface area contributed by atoms with Gasteiger partial charge in [0.1, 0.15) is 0 Å². The van der Waals surface area contributed by atoms with E-state index in [0.29, 0.717) is 15.2 Å². The molecule has 1 heterocycles. The van der Waals surface area contributed by atoms with Gasteiger partial charge < -0.3 is 0 Å². The number of nitrogens with zero attached hydrogens (tertiary/aromatic N) is 2. The Bertz CT molecular complexity index is 800. The Hall–Kier alpha value is -1.88. The van der Waals surface area contributed by atoms with Crippen LogP contribution >= 0.6 is 34.5 Å². The minimum absolute atomic E-state index is 0.485. The van der Waals surface area contributed by atoms with Crippen molar-refractivity contribution >= 4 is 45.9 Å². The lowest BCUT2D eigenvalue weighted by Gasteiger charge is -1.99. The fraction of sp³-hybridized carbons (Fsp3) is 0. The summed E-state index contributed by atoms with van der Waals surface area (Å²) in [6.07, 6.45) is 1.62. The molecule has 0 saturated carbocycles. The Morgan fingerprint density at radius 1 is 1.05 bits per heavy atom. The van der Waals surface area contributed by atoms with Gasteiger partial charge in [0.2, 0.25) is 5.13 Å². The van der Waals surface area contributed by atoms with Crippen LogP contribution in [0.25, 0.3) is 11.3 Å². The smallest absolute Gasteiger partial charge is 0.203 e. The third-order valence-corrected chi connectivity index (χ3v) is 4.50. The predicted molar refractivity (Wildman–Crippen MR) is 95.2 cm³/mol. The summed E-state index contributed by atoms with van der Waals surface area (Å²) in [4.78, 5) is 4.49. The molecule has 0 spiro atoms. The maximum Gasteiger partial charge on any atom is 0.203 e. The molecule has 0 unspecified atom stereocenters. The van der Waals surface area contributed by atoms with Crippen molar-refractivity contribution in [3.05, 3.63) is 69.5 Å². The highest BCUT2D eigenvalue weighted by atomic mass is 35.5. The highest BCUT2D eigenvalue weighted by Crippen LogP contribution is 2.25. The topological polar surface area (TPSA) is 37.3 Å². The van der Waals surface area contributed by atoms with Crippen molar-refractivity contribution in [3.63, 3.8) is 0 Å². The molecule has 6 heteroatoms. The van der Waals surface area contributed by atoms with E-state index in [1.807, 2.05) is 47.8 Å². The van der Waals surface area contributed by atoms with Crippen molar-refractivity contribution < 1.29 is 0 Å². The largest absolute Gasteiger partial charge is 0.253 e. The van der Waals surface area contributed by atoms with E-state index in [2.05, 4.69) is 15.5 Å². The first-order valence-corrected chi connectivity index (χ1v) is 8.11. The summed E-state index contributed by atoms with van der Waals surface area (Å²) < 4.78 is 0. The molecule has 0 atom stereocenters. The number of thiazole rings is 1. The highest BCUT2D eigenvalue weighted by Gasteiger charge is 2.04. The van der Waals surface area contributed by atoms with E-state index in [1.54, 1.807) is 12.3 Å². The number of aromatic nitrogens is 1. The molecule has 1 N–H and O–H groups in total. The summed E-state index contributed by atoms with van der Waals surface area (Å²) in [6, 6.07) is 15.4. The lowest BCUT2D eigenvalue weighted by atomic mass is 10.2. The van der Waals surface area contributed by atoms with Gasteiger partial charge in [-0.1, -0.05) is 65.7 Å². The zero-order chi connectivity index (χ0) is 15.4. The first kappa shape index (κ1) is 15.0. The van der Waals surface area contributed by atoms with E-state index in [9.17, 15) is 0 Å². The first-order valence-electron chi connectivity index (χ1n) is 6.48. The van der Waals surface area contributed by atoms with Crippen molar-refractivity contribution in [2.45, 2.75) is 0 Å². The van der Waals surface area contributed by atoms with Crippen molar-refractivity contribution in [2.24, 2.45) is 5.10 Å². The van der Waals surface area contributed by atoms with Crippen LogP contribution in [0.15, 0.2) is 59.0 Å². The van der Waals surface area contributed by atoms with Crippen LogP contribution in [-0.2, 0) is 0 Å². The number of benzene rings is 2. The summed E-state index contributed by atoms with van der Waals surface area (Å²) >= 11 is 13.5. The zero-order valence-electron chi connectivity index (χ0n) is 11.3. The lowest BCUT2D eigenvalue weighted by Crippen LogP contribution is -1.91. The number of rotatable bonds is 4. The summed E-state index contributed by atoms with van der Waals surface area (Å²) in [5.74, 6) is 0. The van der Waals surface area contributed by atoms with Gasteiger partial charge in [0.25, 0.3) is 0 Å². The second-order valence-electron chi connectivity index (χ2n) is 4.42. The molecule has 0 saturated heterocycles. The molecule has 0 aliphatic rings. The number of nitrogens with one attached hydrogen (secondary N) is 1. The fourth-order valence-electron chi connectivity index (χ4n) is 1.84. The molecule has 0 radical (unpaired) electrons. The third kappa shape index (κ3) is 3.47. The maximum atomic E-state index is 6.10. The van der Waals surface area contributed by atoms with Crippen LogP contribution in [0.2, 0.25) is 10.0 Å². The molecule has 1 aromatic heterocycles. The molecule has 0 bridgehead atoms. The number of halogens is 2. The molecule has 0 fully saturated rings. The molecule has 2 aromatic carbocycles. The lowest BCUT2D eigenvalue weighted by molar-refractivity contribution is 1.29. The minimum atomic E-state index is 0.485. The van der Waals surface area contributed by atoms with E-state index in [4.69, 9.17) is 23.2 Å². The summed E-state index contributed by atoms with van der Waals surface area (Å²) in [6.45, 7) is 0. The average molecular weight is 348 g/mol. The normalized spacial score (nSPS) is 11.0. The van der Waals surface area contributed by atoms with Gasteiger partial charge in [-0.05, 0) is 6.07 Å². The molecule has 0 amide bonds. The average Bonchev–Trinajstić information content (AvgIpc) is 3.01. The van der Waals surface area contributed by atoms with Gasteiger partial charge in [0.05, 0.1) is 22.0 Å². The molecule has 3 aromatic rings. The zero-order valence-corrected chi connectivity index (χ0v) is 13.7. The van der Waals surface area contributed by atoms with E-state index in [0.717, 1.165) is 16.8 Å². The second-order valence-corrected chi connectivity index (χ2v) is 6.06. The van der Waals surface area contributed by atoms with Crippen molar-refractivity contribution in [3.8, 4) is 11.3 Å². The molecular weight excluding hydrogens is 337 g/mol. The molecule has 0 aliphatic carbocycles. The van der Waals surface area contributed by atoms with Crippen LogP contribution in [0.3, 0.4) is 0 Å².